The maximum atomic E-state index is 10.8. The number of rotatable bonds is 4. The summed E-state index contributed by atoms with van der Waals surface area (Å²) >= 11 is 0. The molecule has 0 unspecified atom stereocenters. The average Bonchev–Trinajstić information content (AvgIpc) is 1.53. The van der Waals surface area contributed by atoms with Crippen molar-refractivity contribution in [3.63, 3.8) is 0 Å². The molecule has 0 aliphatic carbocycles. The highest BCUT2D eigenvalue weighted by molar-refractivity contribution is 7.81. The van der Waals surface area contributed by atoms with E-state index in [1.54, 1.807) is 27.7 Å². The van der Waals surface area contributed by atoms with E-state index in [0.29, 0.717) is 0 Å². The summed E-state index contributed by atoms with van der Waals surface area (Å²) < 4.78 is 30.6. The fourth-order valence-corrected chi connectivity index (χ4v) is 1.48. The molecule has 0 N–H and O–H groups in total. The Labute approximate surface area is 67.8 Å². The van der Waals surface area contributed by atoms with E-state index in [0.717, 1.165) is 0 Å². The predicted molar refractivity (Wildman–Crippen MR) is 41.4 cm³/mol. The first kappa shape index (κ1) is 10.9. The van der Waals surface area contributed by atoms with Gasteiger partial charge in [0.1, 0.15) is 0 Å². The monoisotopic (exact) mass is 183 g/mol. The highest BCUT2D eigenvalue weighted by atomic mass is 32.3. The van der Waals surface area contributed by atoms with Gasteiger partial charge in [0, 0.05) is 0 Å². The fourth-order valence-electron chi connectivity index (χ4n) is 0.494. The first-order valence-electron chi connectivity index (χ1n) is 3.45. The SMILES string of the molecule is CC(C)OS(=O)(=O)O[13CH](C)C. The number of hydrogen-bond donors (Lipinski definition) is 0. The van der Waals surface area contributed by atoms with Gasteiger partial charge in [-0.15, -0.1) is 0 Å². The van der Waals surface area contributed by atoms with Gasteiger partial charge in [-0.25, -0.2) is 8.37 Å². The lowest BCUT2D eigenvalue weighted by Gasteiger charge is -2.09. The third-order valence-corrected chi connectivity index (χ3v) is 1.86. The van der Waals surface area contributed by atoms with E-state index in [2.05, 4.69) is 8.37 Å². The Balaban J connectivity index is 4.03. The molecule has 0 atom stereocenters. The molecule has 11 heavy (non-hydrogen) atoms. The van der Waals surface area contributed by atoms with Crippen LogP contribution in [0.4, 0.5) is 0 Å². The second-order valence-corrected chi connectivity index (χ2v) is 3.90. The van der Waals surface area contributed by atoms with Crippen LogP contribution in [0.1, 0.15) is 27.7 Å². The quantitative estimate of drug-likeness (QED) is 0.612. The molecule has 5 heteroatoms. The second-order valence-electron chi connectivity index (χ2n) is 2.70. The fraction of sp³-hybridized carbons (Fsp3) is 1.00. The van der Waals surface area contributed by atoms with Crippen molar-refractivity contribution >= 4 is 10.4 Å². The molecule has 0 aliphatic rings. The third kappa shape index (κ3) is 6.28. The molecule has 0 heterocycles. The van der Waals surface area contributed by atoms with Crippen molar-refractivity contribution in [3.05, 3.63) is 0 Å². The minimum absolute atomic E-state index is 0.376. The van der Waals surface area contributed by atoms with Crippen molar-refractivity contribution in [1.29, 1.82) is 0 Å². The molecular weight excluding hydrogens is 169 g/mol. The van der Waals surface area contributed by atoms with E-state index in [9.17, 15) is 8.42 Å². The molecule has 0 saturated carbocycles. The summed E-state index contributed by atoms with van der Waals surface area (Å²) in [5.41, 5.74) is 0. The van der Waals surface area contributed by atoms with Crippen LogP contribution in [0.5, 0.6) is 0 Å². The zero-order valence-electron chi connectivity index (χ0n) is 7.20. The summed E-state index contributed by atoms with van der Waals surface area (Å²) in [6.45, 7) is 6.50. The van der Waals surface area contributed by atoms with Gasteiger partial charge in [-0.2, -0.15) is 8.42 Å². The summed E-state index contributed by atoms with van der Waals surface area (Å²) in [4.78, 5) is 0. The van der Waals surface area contributed by atoms with Gasteiger partial charge in [0.15, 0.2) is 0 Å². The smallest absolute Gasteiger partial charge is 0.245 e. The minimum Gasteiger partial charge on any atom is -0.245 e. The van der Waals surface area contributed by atoms with Gasteiger partial charge in [0.2, 0.25) is 0 Å². The van der Waals surface area contributed by atoms with Crippen molar-refractivity contribution in [2.75, 3.05) is 0 Å². The van der Waals surface area contributed by atoms with Crippen LogP contribution in [0.3, 0.4) is 0 Å². The summed E-state index contributed by atoms with van der Waals surface area (Å²) in [5.74, 6) is 0. The first-order valence-corrected chi connectivity index (χ1v) is 4.78. The standard InChI is InChI=1S/C6H14O4S/c1-5(2)9-11(7,8)10-6(3)4/h5-6H,1-4H3/i5+1. The highest BCUT2D eigenvalue weighted by Crippen LogP contribution is 2.03. The van der Waals surface area contributed by atoms with Crippen LogP contribution in [0, 0.1) is 0 Å². The summed E-state index contributed by atoms with van der Waals surface area (Å²) in [5, 5.41) is 0. The van der Waals surface area contributed by atoms with Crippen LogP contribution in [-0.4, -0.2) is 20.6 Å². The molecule has 0 aromatic carbocycles. The van der Waals surface area contributed by atoms with E-state index < -0.39 is 10.4 Å². The summed E-state index contributed by atoms with van der Waals surface area (Å²) in [6, 6.07) is 0. The lowest BCUT2D eigenvalue weighted by atomic mass is 10.5. The van der Waals surface area contributed by atoms with E-state index in [-0.39, 0.29) is 12.2 Å². The Hall–Kier alpha value is -0.130. The topological polar surface area (TPSA) is 52.6 Å². The van der Waals surface area contributed by atoms with E-state index in [4.69, 9.17) is 0 Å². The third-order valence-electron chi connectivity index (χ3n) is 0.621. The maximum Gasteiger partial charge on any atom is 0.400 e. The molecule has 0 saturated heterocycles. The van der Waals surface area contributed by atoms with Crippen LogP contribution >= 0.6 is 0 Å². The minimum atomic E-state index is -3.78. The van der Waals surface area contributed by atoms with Gasteiger partial charge in [-0.3, -0.25) is 0 Å². The molecule has 0 bridgehead atoms. The summed E-state index contributed by atoms with van der Waals surface area (Å²) in [6.07, 6.45) is -0.752. The second kappa shape index (κ2) is 4.04. The van der Waals surface area contributed by atoms with Gasteiger partial charge >= 0.3 is 10.4 Å². The molecule has 0 rings (SSSR count). The van der Waals surface area contributed by atoms with Crippen molar-refractivity contribution in [2.24, 2.45) is 0 Å². The Bertz CT molecular complexity index is 177. The van der Waals surface area contributed by atoms with E-state index in [1.807, 2.05) is 0 Å². The molecule has 68 valence electrons. The van der Waals surface area contributed by atoms with Crippen molar-refractivity contribution in [2.45, 2.75) is 39.9 Å². The van der Waals surface area contributed by atoms with Gasteiger partial charge in [-0.05, 0) is 27.7 Å². The zero-order valence-corrected chi connectivity index (χ0v) is 8.01. The predicted octanol–water partition coefficient (Wildman–Crippen LogP) is 1.08. The Kier molecular flexibility index (Phi) is 3.99. The van der Waals surface area contributed by atoms with E-state index in [1.165, 1.54) is 0 Å². The van der Waals surface area contributed by atoms with Gasteiger partial charge in [-0.1, -0.05) is 0 Å². The van der Waals surface area contributed by atoms with Gasteiger partial charge in [0.25, 0.3) is 0 Å². The van der Waals surface area contributed by atoms with Crippen LogP contribution in [0.15, 0.2) is 0 Å². The van der Waals surface area contributed by atoms with Crippen LogP contribution in [0.25, 0.3) is 0 Å². The highest BCUT2D eigenvalue weighted by Gasteiger charge is 2.15. The number of hydrogen-bond acceptors (Lipinski definition) is 4. The first-order chi connectivity index (χ1) is 4.83. The maximum absolute atomic E-state index is 10.8. The van der Waals surface area contributed by atoms with Crippen molar-refractivity contribution in [3.8, 4) is 0 Å². The Morgan fingerprint density at radius 1 is 0.909 bits per heavy atom. The van der Waals surface area contributed by atoms with Crippen molar-refractivity contribution < 1.29 is 16.8 Å². The van der Waals surface area contributed by atoms with Gasteiger partial charge in [0.05, 0.1) is 12.2 Å². The zero-order chi connectivity index (χ0) is 9.07. The van der Waals surface area contributed by atoms with E-state index >= 15 is 0 Å². The lowest BCUT2D eigenvalue weighted by Crippen LogP contribution is -2.18. The van der Waals surface area contributed by atoms with Crippen LogP contribution < -0.4 is 0 Å². The average molecular weight is 183 g/mol. The molecule has 0 aliphatic heterocycles. The van der Waals surface area contributed by atoms with Crippen molar-refractivity contribution in [1.82, 2.24) is 0 Å². The molecule has 0 aromatic heterocycles. The summed E-state index contributed by atoms with van der Waals surface area (Å²) in [7, 11) is -3.78. The molecule has 0 amide bonds. The Morgan fingerprint density at radius 3 is 1.36 bits per heavy atom. The molecule has 0 aromatic rings. The van der Waals surface area contributed by atoms with Crippen LogP contribution in [-0.2, 0) is 18.8 Å². The normalized spacial score (nSPS) is 12.9. The van der Waals surface area contributed by atoms with Crippen LogP contribution in [0.2, 0.25) is 0 Å². The largest absolute Gasteiger partial charge is 0.400 e. The molecule has 0 fully saturated rings. The molecule has 4 nitrogen and oxygen atoms in total. The molecule has 0 radical (unpaired) electrons. The lowest BCUT2D eigenvalue weighted by molar-refractivity contribution is 0.153. The molecular formula is C6H14O4S. The Morgan fingerprint density at radius 2 is 1.18 bits per heavy atom. The molecule has 0 spiro atoms. The van der Waals surface area contributed by atoms with Gasteiger partial charge < -0.3 is 0 Å².